The number of hydrogen-bond donors (Lipinski definition) is 3. The van der Waals surface area contributed by atoms with E-state index in [-0.39, 0.29) is 23.6 Å². The van der Waals surface area contributed by atoms with Crippen LogP contribution in [0.4, 0.5) is 0 Å². The monoisotopic (exact) mass is 363 g/mol. The lowest BCUT2D eigenvalue weighted by Gasteiger charge is -2.37. The molecule has 4 heterocycles. The van der Waals surface area contributed by atoms with E-state index in [9.17, 15) is 9.59 Å². The molecule has 0 unspecified atom stereocenters. The Hall–Kier alpha value is -2.93. The number of piperidine rings is 1. The highest BCUT2D eigenvalue weighted by Crippen LogP contribution is 2.31. The van der Waals surface area contributed by atoms with Gasteiger partial charge in [0.15, 0.2) is 0 Å². The molecule has 2 atom stereocenters. The number of benzene rings is 1. The highest BCUT2D eigenvalue weighted by Gasteiger charge is 2.31. The molecule has 0 aliphatic carbocycles. The van der Waals surface area contributed by atoms with Crippen molar-refractivity contribution in [3.63, 3.8) is 0 Å². The molecular formula is C20H21N5O2. The molecular weight excluding hydrogens is 342 g/mol. The molecule has 7 heteroatoms. The van der Waals surface area contributed by atoms with Crippen LogP contribution in [0.3, 0.4) is 0 Å². The van der Waals surface area contributed by atoms with Gasteiger partial charge >= 0.3 is 0 Å². The average molecular weight is 363 g/mol. The van der Waals surface area contributed by atoms with Crippen LogP contribution < -0.4 is 16.2 Å². The van der Waals surface area contributed by atoms with Crippen molar-refractivity contribution in [3.05, 3.63) is 63.8 Å². The second-order valence-electron chi connectivity index (χ2n) is 7.43. The fourth-order valence-electron chi connectivity index (χ4n) is 4.31. The normalized spacial score (nSPS) is 21.0. The van der Waals surface area contributed by atoms with E-state index in [4.69, 9.17) is 0 Å². The van der Waals surface area contributed by atoms with Gasteiger partial charge in [-0.2, -0.15) is 0 Å². The summed E-state index contributed by atoms with van der Waals surface area (Å²) < 4.78 is 1.80. The molecule has 1 fully saturated rings. The first-order chi connectivity index (χ1) is 13.2. The number of rotatable bonds is 3. The van der Waals surface area contributed by atoms with Gasteiger partial charge in [0.25, 0.3) is 11.5 Å². The van der Waals surface area contributed by atoms with E-state index in [1.165, 1.54) is 0 Å². The summed E-state index contributed by atoms with van der Waals surface area (Å²) in [7, 11) is 0. The first kappa shape index (κ1) is 16.3. The van der Waals surface area contributed by atoms with Crippen LogP contribution in [0.15, 0.2) is 41.2 Å². The number of para-hydroxylation sites is 2. The van der Waals surface area contributed by atoms with Crippen LogP contribution in [0.2, 0.25) is 0 Å². The molecule has 1 saturated heterocycles. The van der Waals surface area contributed by atoms with E-state index in [2.05, 4.69) is 20.6 Å². The summed E-state index contributed by atoms with van der Waals surface area (Å²) in [5, 5.41) is 6.24. The fraction of sp³-hybridized carbons (Fsp3) is 0.350. The number of amides is 1. The van der Waals surface area contributed by atoms with Gasteiger partial charge in [-0.3, -0.25) is 9.59 Å². The van der Waals surface area contributed by atoms with Gasteiger partial charge in [0.05, 0.1) is 17.6 Å². The minimum Gasteiger partial charge on any atom is -0.345 e. The Bertz CT molecular complexity index is 1050. The Labute approximate surface area is 155 Å². The van der Waals surface area contributed by atoms with Crippen molar-refractivity contribution < 1.29 is 4.79 Å². The van der Waals surface area contributed by atoms with Gasteiger partial charge in [-0.1, -0.05) is 12.1 Å². The van der Waals surface area contributed by atoms with Crippen molar-refractivity contribution in [2.75, 3.05) is 13.1 Å². The standard InChI is InChI=1S/C20H21N5O2/c26-19(22-10-18-23-15-3-1-2-4-16(15)24-18)14-5-6-17-13-7-12(8-21-9-13)11-25(17)20(14)27/h1-6,12-13,21H,7-11H2,(H,22,26)(H,23,24)/t12-,13+/m0/s1. The zero-order valence-corrected chi connectivity index (χ0v) is 14.9. The molecule has 1 aromatic carbocycles. The predicted molar refractivity (Wildman–Crippen MR) is 102 cm³/mol. The summed E-state index contributed by atoms with van der Waals surface area (Å²) in [6.45, 7) is 2.77. The maximum Gasteiger partial charge on any atom is 0.263 e. The van der Waals surface area contributed by atoms with Crippen LogP contribution in [0.1, 0.15) is 34.2 Å². The Kier molecular flexibility index (Phi) is 3.82. The fourth-order valence-corrected chi connectivity index (χ4v) is 4.31. The third-order valence-electron chi connectivity index (χ3n) is 5.61. The summed E-state index contributed by atoms with van der Waals surface area (Å²) >= 11 is 0. The van der Waals surface area contributed by atoms with Crippen LogP contribution in [0.5, 0.6) is 0 Å². The number of hydrogen-bond acceptors (Lipinski definition) is 4. The van der Waals surface area contributed by atoms with Crippen molar-refractivity contribution in [1.29, 1.82) is 0 Å². The Morgan fingerprint density at radius 3 is 3.00 bits per heavy atom. The zero-order chi connectivity index (χ0) is 18.4. The van der Waals surface area contributed by atoms with E-state index >= 15 is 0 Å². The minimum atomic E-state index is -0.357. The molecule has 5 rings (SSSR count). The number of carbonyl (C=O) groups is 1. The molecule has 2 bridgehead atoms. The van der Waals surface area contributed by atoms with Crippen molar-refractivity contribution >= 4 is 16.9 Å². The third-order valence-corrected chi connectivity index (χ3v) is 5.61. The van der Waals surface area contributed by atoms with E-state index in [0.29, 0.717) is 24.2 Å². The second kappa shape index (κ2) is 6.35. The number of carbonyl (C=O) groups excluding carboxylic acids is 1. The number of aromatic nitrogens is 3. The summed E-state index contributed by atoms with van der Waals surface area (Å²) in [6.07, 6.45) is 1.12. The van der Waals surface area contributed by atoms with Gasteiger partial charge in [-0.15, -0.1) is 0 Å². The van der Waals surface area contributed by atoms with Crippen molar-refractivity contribution in [2.45, 2.75) is 25.4 Å². The first-order valence-electron chi connectivity index (χ1n) is 9.35. The van der Waals surface area contributed by atoms with Gasteiger partial charge in [0, 0.05) is 24.7 Å². The van der Waals surface area contributed by atoms with Gasteiger partial charge in [0.1, 0.15) is 11.4 Å². The number of nitrogens with zero attached hydrogens (tertiary/aromatic N) is 2. The maximum atomic E-state index is 12.9. The number of H-pyrrole nitrogens is 1. The molecule has 0 saturated carbocycles. The van der Waals surface area contributed by atoms with E-state index in [1.54, 1.807) is 10.6 Å². The molecule has 2 aliphatic rings. The van der Waals surface area contributed by atoms with Gasteiger partial charge < -0.3 is 20.2 Å². The van der Waals surface area contributed by atoms with Crippen molar-refractivity contribution in [1.82, 2.24) is 25.2 Å². The topological polar surface area (TPSA) is 91.8 Å². The molecule has 27 heavy (non-hydrogen) atoms. The van der Waals surface area contributed by atoms with Crippen LogP contribution in [-0.4, -0.2) is 33.5 Å². The molecule has 7 nitrogen and oxygen atoms in total. The summed E-state index contributed by atoms with van der Waals surface area (Å²) in [4.78, 5) is 33.1. The van der Waals surface area contributed by atoms with E-state index < -0.39 is 0 Å². The highest BCUT2D eigenvalue weighted by molar-refractivity contribution is 5.93. The number of nitrogens with one attached hydrogen (secondary N) is 3. The molecule has 3 aromatic rings. The van der Waals surface area contributed by atoms with E-state index in [0.717, 1.165) is 36.2 Å². The SMILES string of the molecule is O=C(NCc1nc2ccccc2[nH]1)c1ccc2n(c1=O)C[C@@H]1CNC[C@H]2C1. The summed E-state index contributed by atoms with van der Waals surface area (Å²) in [5.41, 5.74) is 2.83. The molecule has 138 valence electrons. The Balaban J connectivity index is 1.37. The quantitative estimate of drug-likeness (QED) is 0.655. The van der Waals surface area contributed by atoms with Gasteiger partial charge in [-0.25, -0.2) is 4.98 Å². The Morgan fingerprint density at radius 2 is 2.11 bits per heavy atom. The molecule has 0 spiro atoms. The largest absolute Gasteiger partial charge is 0.345 e. The molecule has 2 aromatic heterocycles. The molecule has 1 amide bonds. The van der Waals surface area contributed by atoms with Crippen LogP contribution in [0, 0.1) is 5.92 Å². The van der Waals surface area contributed by atoms with E-state index in [1.807, 2.05) is 30.3 Å². The van der Waals surface area contributed by atoms with Crippen LogP contribution >= 0.6 is 0 Å². The molecule has 2 aliphatic heterocycles. The highest BCUT2D eigenvalue weighted by atomic mass is 16.2. The molecule has 0 radical (unpaired) electrons. The molecule has 3 N–H and O–H groups in total. The Morgan fingerprint density at radius 1 is 1.22 bits per heavy atom. The lowest BCUT2D eigenvalue weighted by Crippen LogP contribution is -2.46. The summed E-state index contributed by atoms with van der Waals surface area (Å²) in [6, 6.07) is 11.3. The van der Waals surface area contributed by atoms with Crippen molar-refractivity contribution in [3.8, 4) is 0 Å². The van der Waals surface area contributed by atoms with Crippen LogP contribution in [0.25, 0.3) is 11.0 Å². The average Bonchev–Trinajstić information content (AvgIpc) is 3.10. The third kappa shape index (κ3) is 2.84. The number of pyridine rings is 1. The predicted octanol–water partition coefficient (Wildman–Crippen LogP) is 1.36. The van der Waals surface area contributed by atoms with Crippen LogP contribution in [-0.2, 0) is 13.1 Å². The number of aromatic amines is 1. The number of fused-ring (bicyclic) bond motifs is 5. The lowest BCUT2D eigenvalue weighted by molar-refractivity contribution is 0.0947. The number of imidazole rings is 1. The smallest absolute Gasteiger partial charge is 0.263 e. The zero-order valence-electron chi connectivity index (χ0n) is 14.9. The lowest BCUT2D eigenvalue weighted by atomic mass is 9.84. The maximum absolute atomic E-state index is 12.9. The van der Waals surface area contributed by atoms with Crippen molar-refractivity contribution in [2.24, 2.45) is 5.92 Å². The first-order valence-corrected chi connectivity index (χ1v) is 9.35. The second-order valence-corrected chi connectivity index (χ2v) is 7.43. The minimum absolute atomic E-state index is 0.189. The van der Waals surface area contributed by atoms with Gasteiger partial charge in [0.2, 0.25) is 0 Å². The van der Waals surface area contributed by atoms with Gasteiger partial charge in [-0.05, 0) is 43.1 Å². The summed E-state index contributed by atoms with van der Waals surface area (Å²) in [5.74, 6) is 1.13.